The number of fused-ring (bicyclic) bond motifs is 1. The summed E-state index contributed by atoms with van der Waals surface area (Å²) in [5.74, 6) is -0.994. The molecule has 0 aliphatic rings. The number of rotatable bonds is 2. The Morgan fingerprint density at radius 2 is 2.06 bits per heavy atom. The number of ketones is 1. The summed E-state index contributed by atoms with van der Waals surface area (Å²) in [5.41, 5.74) is 0.747. The Bertz CT molecular complexity index is 703. The van der Waals surface area contributed by atoms with Crippen molar-refractivity contribution in [1.82, 2.24) is 14.6 Å². The Labute approximate surface area is 102 Å². The first kappa shape index (κ1) is 10.6. The van der Waals surface area contributed by atoms with E-state index in [1.165, 1.54) is 28.8 Å². The minimum absolute atomic E-state index is 0.0147. The molecule has 88 valence electrons. The molecule has 0 spiro atoms. The molecule has 3 rings (SSSR count). The van der Waals surface area contributed by atoms with Gasteiger partial charge in [0.25, 0.3) is 0 Å². The number of carbonyl (C=O) groups excluding carboxylic acids is 1. The second-order valence-electron chi connectivity index (χ2n) is 3.76. The SMILES string of the molecule is O=C(c1cc2ncccn2n1)c1ccccc1F. The van der Waals surface area contributed by atoms with Gasteiger partial charge in [-0.25, -0.2) is 13.9 Å². The molecule has 0 saturated carbocycles. The highest BCUT2D eigenvalue weighted by atomic mass is 19.1. The van der Waals surface area contributed by atoms with Crippen molar-refractivity contribution < 1.29 is 9.18 Å². The van der Waals surface area contributed by atoms with Gasteiger partial charge in [0.2, 0.25) is 5.78 Å². The third-order valence-electron chi connectivity index (χ3n) is 2.59. The molecule has 3 aromatic rings. The van der Waals surface area contributed by atoms with Crippen molar-refractivity contribution in [2.75, 3.05) is 0 Å². The zero-order valence-electron chi connectivity index (χ0n) is 9.25. The number of hydrogen-bond donors (Lipinski definition) is 0. The quantitative estimate of drug-likeness (QED) is 0.645. The molecular weight excluding hydrogens is 233 g/mol. The Hall–Kier alpha value is -2.56. The summed E-state index contributed by atoms with van der Waals surface area (Å²) in [6.07, 6.45) is 3.29. The van der Waals surface area contributed by atoms with Crippen molar-refractivity contribution in [3.63, 3.8) is 0 Å². The van der Waals surface area contributed by atoms with Crippen molar-refractivity contribution in [1.29, 1.82) is 0 Å². The van der Waals surface area contributed by atoms with Crippen LogP contribution in [-0.4, -0.2) is 20.4 Å². The summed E-state index contributed by atoms with van der Waals surface area (Å²) in [5, 5.41) is 4.07. The molecule has 1 aromatic carbocycles. The van der Waals surface area contributed by atoms with Crippen molar-refractivity contribution >= 4 is 11.4 Å². The fourth-order valence-electron chi connectivity index (χ4n) is 1.72. The summed E-state index contributed by atoms with van der Waals surface area (Å²) >= 11 is 0. The lowest BCUT2D eigenvalue weighted by molar-refractivity contribution is 0.103. The first-order chi connectivity index (χ1) is 8.75. The maximum absolute atomic E-state index is 13.5. The molecule has 0 bridgehead atoms. The molecule has 2 heterocycles. The molecule has 0 saturated heterocycles. The van der Waals surface area contributed by atoms with Crippen LogP contribution in [0.1, 0.15) is 16.1 Å². The normalized spacial score (nSPS) is 10.7. The third kappa shape index (κ3) is 1.66. The standard InChI is InChI=1S/C13H8FN3O/c14-10-5-2-1-4-9(10)13(18)11-8-12-15-6-3-7-17(12)16-11/h1-8H. The van der Waals surface area contributed by atoms with Crippen LogP contribution in [-0.2, 0) is 0 Å². The Kier molecular flexibility index (Phi) is 2.37. The van der Waals surface area contributed by atoms with E-state index in [0.717, 1.165) is 0 Å². The van der Waals surface area contributed by atoms with Crippen molar-refractivity contribution in [2.24, 2.45) is 0 Å². The van der Waals surface area contributed by atoms with Crippen LogP contribution in [0.4, 0.5) is 4.39 Å². The predicted molar refractivity (Wildman–Crippen MR) is 62.8 cm³/mol. The Balaban J connectivity index is 2.10. The van der Waals surface area contributed by atoms with Crippen molar-refractivity contribution in [2.45, 2.75) is 0 Å². The van der Waals surface area contributed by atoms with Gasteiger partial charge in [-0.05, 0) is 18.2 Å². The fourth-order valence-corrected chi connectivity index (χ4v) is 1.72. The predicted octanol–water partition coefficient (Wildman–Crippen LogP) is 2.10. The average Bonchev–Trinajstić information content (AvgIpc) is 2.82. The first-order valence-electron chi connectivity index (χ1n) is 5.35. The van der Waals surface area contributed by atoms with Crippen LogP contribution in [0.25, 0.3) is 5.65 Å². The van der Waals surface area contributed by atoms with E-state index in [9.17, 15) is 9.18 Å². The minimum atomic E-state index is -0.549. The van der Waals surface area contributed by atoms with Gasteiger partial charge in [-0.3, -0.25) is 4.79 Å². The fraction of sp³-hybridized carbons (Fsp3) is 0. The zero-order chi connectivity index (χ0) is 12.5. The smallest absolute Gasteiger partial charge is 0.216 e. The molecule has 0 radical (unpaired) electrons. The van der Waals surface area contributed by atoms with E-state index in [1.807, 2.05) is 0 Å². The Morgan fingerprint density at radius 3 is 2.83 bits per heavy atom. The summed E-state index contributed by atoms with van der Waals surface area (Å²) in [6.45, 7) is 0. The summed E-state index contributed by atoms with van der Waals surface area (Å²) in [7, 11) is 0. The van der Waals surface area contributed by atoms with Crippen LogP contribution in [0.3, 0.4) is 0 Å². The molecule has 0 N–H and O–H groups in total. The summed E-state index contributed by atoms with van der Waals surface area (Å²) in [4.78, 5) is 16.1. The third-order valence-corrected chi connectivity index (χ3v) is 2.59. The molecule has 0 amide bonds. The summed E-state index contributed by atoms with van der Waals surface area (Å²) < 4.78 is 15.0. The van der Waals surface area contributed by atoms with E-state index in [4.69, 9.17) is 0 Å². The highest BCUT2D eigenvalue weighted by molar-refractivity contribution is 6.08. The van der Waals surface area contributed by atoms with Crippen LogP contribution >= 0.6 is 0 Å². The van der Waals surface area contributed by atoms with Gasteiger partial charge < -0.3 is 0 Å². The lowest BCUT2D eigenvalue weighted by atomic mass is 10.1. The largest absolute Gasteiger partial charge is 0.287 e. The molecule has 0 aliphatic carbocycles. The van der Waals surface area contributed by atoms with Gasteiger partial charge in [-0.2, -0.15) is 5.10 Å². The maximum Gasteiger partial charge on any atom is 0.216 e. The van der Waals surface area contributed by atoms with Crippen molar-refractivity contribution in [3.8, 4) is 0 Å². The maximum atomic E-state index is 13.5. The van der Waals surface area contributed by atoms with Crippen LogP contribution in [0, 0.1) is 5.82 Å². The molecule has 0 aliphatic heterocycles. The van der Waals surface area contributed by atoms with E-state index in [1.54, 1.807) is 24.5 Å². The molecule has 2 aromatic heterocycles. The van der Waals surface area contributed by atoms with Crippen LogP contribution in [0.2, 0.25) is 0 Å². The lowest BCUT2D eigenvalue weighted by Gasteiger charge is -1.98. The van der Waals surface area contributed by atoms with Crippen LogP contribution < -0.4 is 0 Å². The van der Waals surface area contributed by atoms with Gasteiger partial charge >= 0.3 is 0 Å². The summed E-state index contributed by atoms with van der Waals surface area (Å²) in [6, 6.07) is 9.09. The number of aromatic nitrogens is 3. The molecule has 18 heavy (non-hydrogen) atoms. The van der Waals surface area contributed by atoms with Gasteiger partial charge in [0.15, 0.2) is 5.65 Å². The molecule has 5 heteroatoms. The highest BCUT2D eigenvalue weighted by Gasteiger charge is 2.16. The van der Waals surface area contributed by atoms with Crippen molar-refractivity contribution in [3.05, 3.63) is 65.9 Å². The number of benzene rings is 1. The minimum Gasteiger partial charge on any atom is -0.287 e. The average molecular weight is 241 g/mol. The van der Waals surface area contributed by atoms with Crippen LogP contribution in [0.15, 0.2) is 48.8 Å². The van der Waals surface area contributed by atoms with E-state index < -0.39 is 11.6 Å². The van der Waals surface area contributed by atoms with E-state index in [0.29, 0.717) is 5.65 Å². The zero-order valence-corrected chi connectivity index (χ0v) is 9.25. The van der Waals surface area contributed by atoms with E-state index in [-0.39, 0.29) is 11.3 Å². The first-order valence-corrected chi connectivity index (χ1v) is 5.35. The topological polar surface area (TPSA) is 47.3 Å². The monoisotopic (exact) mass is 241 g/mol. The number of nitrogens with zero attached hydrogens (tertiary/aromatic N) is 3. The number of hydrogen-bond acceptors (Lipinski definition) is 3. The van der Waals surface area contributed by atoms with Gasteiger partial charge in [0, 0.05) is 18.5 Å². The highest BCUT2D eigenvalue weighted by Crippen LogP contribution is 2.13. The second kappa shape index (κ2) is 4.03. The van der Waals surface area contributed by atoms with E-state index in [2.05, 4.69) is 10.1 Å². The van der Waals surface area contributed by atoms with E-state index >= 15 is 0 Å². The lowest BCUT2D eigenvalue weighted by Crippen LogP contribution is -2.05. The molecule has 0 fully saturated rings. The van der Waals surface area contributed by atoms with Gasteiger partial charge in [-0.1, -0.05) is 12.1 Å². The molecular formula is C13H8FN3O. The van der Waals surface area contributed by atoms with Crippen LogP contribution in [0.5, 0.6) is 0 Å². The second-order valence-corrected chi connectivity index (χ2v) is 3.76. The Morgan fingerprint density at radius 1 is 1.22 bits per heavy atom. The molecule has 0 unspecified atom stereocenters. The molecule has 4 nitrogen and oxygen atoms in total. The number of carbonyl (C=O) groups is 1. The number of halogens is 1. The van der Waals surface area contributed by atoms with Gasteiger partial charge in [0.05, 0.1) is 5.56 Å². The van der Waals surface area contributed by atoms with Gasteiger partial charge in [-0.15, -0.1) is 0 Å². The molecule has 0 atom stereocenters. The van der Waals surface area contributed by atoms with Gasteiger partial charge in [0.1, 0.15) is 11.5 Å².